The average molecular weight is 400 g/mol. The highest BCUT2D eigenvalue weighted by Crippen LogP contribution is 2.33. The molecule has 1 unspecified atom stereocenters. The molecule has 1 aliphatic rings. The van der Waals surface area contributed by atoms with Gasteiger partial charge in [-0.3, -0.25) is 4.79 Å². The normalized spacial score (nSPS) is 16.6. The van der Waals surface area contributed by atoms with Gasteiger partial charge in [0.2, 0.25) is 5.91 Å². The first kappa shape index (κ1) is 18.6. The van der Waals surface area contributed by atoms with E-state index in [2.05, 4.69) is 34.2 Å². The van der Waals surface area contributed by atoms with Gasteiger partial charge in [-0.15, -0.1) is 0 Å². The van der Waals surface area contributed by atoms with Crippen molar-refractivity contribution in [1.82, 2.24) is 15.1 Å². The number of carbonyl (C=O) groups is 1. The number of aromatic amines is 1. The van der Waals surface area contributed by atoms with E-state index in [1.807, 2.05) is 47.5 Å². The van der Waals surface area contributed by atoms with Crippen LogP contribution in [0.15, 0.2) is 59.3 Å². The van der Waals surface area contributed by atoms with E-state index in [4.69, 9.17) is 4.52 Å². The Kier molecular flexibility index (Phi) is 4.83. The Morgan fingerprint density at radius 1 is 1.17 bits per heavy atom. The van der Waals surface area contributed by atoms with Crippen molar-refractivity contribution in [1.29, 1.82) is 0 Å². The van der Waals surface area contributed by atoms with Crippen LogP contribution in [0.25, 0.3) is 22.4 Å². The van der Waals surface area contributed by atoms with E-state index in [-0.39, 0.29) is 11.8 Å². The summed E-state index contributed by atoms with van der Waals surface area (Å²) in [5.41, 5.74) is 4.17. The fourth-order valence-electron chi connectivity index (χ4n) is 4.14. The molecular weight excluding hydrogens is 376 g/mol. The number of nitrogens with zero attached hydrogens (tertiary/aromatic N) is 3. The number of aryl methyl sites for hydroxylation is 1. The summed E-state index contributed by atoms with van der Waals surface area (Å²) in [4.78, 5) is 22.3. The van der Waals surface area contributed by atoms with Crippen molar-refractivity contribution >= 4 is 22.5 Å². The minimum atomic E-state index is -0.0693. The van der Waals surface area contributed by atoms with E-state index in [0.29, 0.717) is 24.7 Å². The molecule has 1 N–H and O–H groups in total. The predicted octanol–water partition coefficient (Wildman–Crippen LogP) is 5.08. The van der Waals surface area contributed by atoms with E-state index in [1.165, 1.54) is 18.4 Å². The Morgan fingerprint density at radius 3 is 2.87 bits per heavy atom. The zero-order chi connectivity index (χ0) is 20.5. The second-order valence-corrected chi connectivity index (χ2v) is 7.88. The van der Waals surface area contributed by atoms with Crippen molar-refractivity contribution in [3.8, 4) is 11.5 Å². The highest BCUT2D eigenvalue weighted by atomic mass is 16.5. The molecule has 0 saturated carbocycles. The topological polar surface area (TPSA) is 75.0 Å². The van der Waals surface area contributed by atoms with Gasteiger partial charge in [-0.1, -0.05) is 36.7 Å². The Bertz CT molecular complexity index is 1180. The standard InChI is InChI=1S/C24H24N4O2/c1-2-3-5-16-8-10-18(11-9-16)28-15-17(14-22(28)29)23-26-24(30-27-23)20-6-4-7-21-19(20)12-13-25-21/h4,6-13,17,25H,2-3,5,14-15H2,1H3. The molecule has 5 rings (SSSR count). The van der Waals surface area contributed by atoms with Crippen molar-refractivity contribution in [2.45, 2.75) is 38.5 Å². The molecule has 1 aliphatic heterocycles. The number of amides is 1. The first-order valence-corrected chi connectivity index (χ1v) is 10.5. The molecule has 30 heavy (non-hydrogen) atoms. The molecule has 2 aromatic carbocycles. The van der Waals surface area contributed by atoms with Crippen molar-refractivity contribution in [3.05, 3.63) is 66.1 Å². The van der Waals surface area contributed by atoms with Crippen LogP contribution in [0.4, 0.5) is 5.69 Å². The second kappa shape index (κ2) is 7.78. The van der Waals surface area contributed by atoms with Crippen LogP contribution < -0.4 is 4.90 Å². The number of unbranched alkanes of at least 4 members (excludes halogenated alkanes) is 1. The molecule has 0 bridgehead atoms. The number of rotatable bonds is 6. The van der Waals surface area contributed by atoms with Gasteiger partial charge in [-0.2, -0.15) is 4.98 Å². The van der Waals surface area contributed by atoms with Gasteiger partial charge in [0.15, 0.2) is 5.82 Å². The molecule has 1 saturated heterocycles. The number of fused-ring (bicyclic) bond motifs is 1. The van der Waals surface area contributed by atoms with Crippen LogP contribution in [0, 0.1) is 0 Å². The minimum Gasteiger partial charge on any atom is -0.361 e. The summed E-state index contributed by atoms with van der Waals surface area (Å²) in [6.45, 7) is 2.76. The van der Waals surface area contributed by atoms with Gasteiger partial charge >= 0.3 is 0 Å². The number of hydrogen-bond donors (Lipinski definition) is 1. The monoisotopic (exact) mass is 400 g/mol. The van der Waals surface area contributed by atoms with E-state index in [1.54, 1.807) is 0 Å². The van der Waals surface area contributed by atoms with Crippen LogP contribution >= 0.6 is 0 Å². The van der Waals surface area contributed by atoms with Gasteiger partial charge in [0.25, 0.3) is 5.89 Å². The smallest absolute Gasteiger partial charge is 0.258 e. The maximum Gasteiger partial charge on any atom is 0.258 e. The van der Waals surface area contributed by atoms with Gasteiger partial charge < -0.3 is 14.4 Å². The van der Waals surface area contributed by atoms with Crippen molar-refractivity contribution in [2.75, 3.05) is 11.4 Å². The maximum absolute atomic E-state index is 12.7. The summed E-state index contributed by atoms with van der Waals surface area (Å²) in [6.07, 6.45) is 5.73. The molecule has 0 spiro atoms. The number of carbonyl (C=O) groups excluding carboxylic acids is 1. The molecule has 1 fully saturated rings. The van der Waals surface area contributed by atoms with Gasteiger partial charge in [-0.05, 0) is 48.7 Å². The third-order valence-electron chi connectivity index (χ3n) is 5.82. The maximum atomic E-state index is 12.7. The number of H-pyrrole nitrogens is 1. The fourth-order valence-corrected chi connectivity index (χ4v) is 4.14. The molecule has 1 amide bonds. The summed E-state index contributed by atoms with van der Waals surface area (Å²) >= 11 is 0. The lowest BCUT2D eigenvalue weighted by atomic mass is 10.1. The first-order valence-electron chi connectivity index (χ1n) is 10.5. The molecule has 1 atom stereocenters. The van der Waals surface area contributed by atoms with Gasteiger partial charge in [0, 0.05) is 47.2 Å². The van der Waals surface area contributed by atoms with Crippen LogP contribution in [-0.2, 0) is 11.2 Å². The molecule has 0 radical (unpaired) electrons. The molecular formula is C24H24N4O2. The lowest BCUT2D eigenvalue weighted by molar-refractivity contribution is -0.117. The molecule has 4 aromatic rings. The lowest BCUT2D eigenvalue weighted by Gasteiger charge is -2.16. The molecule has 2 aromatic heterocycles. The van der Waals surface area contributed by atoms with Crippen LogP contribution in [0.3, 0.4) is 0 Å². The average Bonchev–Trinajstić information content (AvgIpc) is 3.51. The number of aromatic nitrogens is 3. The number of nitrogens with one attached hydrogen (secondary N) is 1. The van der Waals surface area contributed by atoms with E-state index >= 15 is 0 Å². The van der Waals surface area contributed by atoms with Gasteiger partial charge in [0.05, 0.1) is 0 Å². The minimum absolute atomic E-state index is 0.0693. The summed E-state index contributed by atoms with van der Waals surface area (Å²) < 4.78 is 5.57. The third kappa shape index (κ3) is 3.38. The fraction of sp³-hybridized carbons (Fsp3) is 0.292. The first-order chi connectivity index (χ1) is 14.7. The molecule has 152 valence electrons. The van der Waals surface area contributed by atoms with E-state index in [9.17, 15) is 4.79 Å². The SMILES string of the molecule is CCCCc1ccc(N2CC(c3noc(-c4cccc5[nH]ccc45)n3)CC2=O)cc1. The van der Waals surface area contributed by atoms with Crippen LogP contribution in [0.2, 0.25) is 0 Å². The Labute approximate surface area is 174 Å². The van der Waals surface area contributed by atoms with Crippen molar-refractivity contribution in [3.63, 3.8) is 0 Å². The number of anilines is 1. The zero-order valence-electron chi connectivity index (χ0n) is 17.0. The quantitative estimate of drug-likeness (QED) is 0.490. The molecule has 3 heterocycles. The van der Waals surface area contributed by atoms with E-state index < -0.39 is 0 Å². The Balaban J connectivity index is 1.34. The number of benzene rings is 2. The molecule has 0 aliphatic carbocycles. The third-order valence-corrected chi connectivity index (χ3v) is 5.82. The van der Waals surface area contributed by atoms with Gasteiger partial charge in [-0.25, -0.2) is 0 Å². The summed E-state index contributed by atoms with van der Waals surface area (Å²) in [5, 5.41) is 5.24. The number of hydrogen-bond acceptors (Lipinski definition) is 4. The largest absolute Gasteiger partial charge is 0.361 e. The lowest BCUT2D eigenvalue weighted by Crippen LogP contribution is -2.24. The Morgan fingerprint density at radius 2 is 2.03 bits per heavy atom. The Hall–Kier alpha value is -3.41. The van der Waals surface area contributed by atoms with Crippen LogP contribution in [0.1, 0.15) is 43.5 Å². The summed E-state index contributed by atoms with van der Waals surface area (Å²) in [6, 6.07) is 16.3. The summed E-state index contributed by atoms with van der Waals surface area (Å²) in [7, 11) is 0. The highest BCUT2D eigenvalue weighted by Gasteiger charge is 2.34. The van der Waals surface area contributed by atoms with Crippen LogP contribution in [0.5, 0.6) is 0 Å². The zero-order valence-corrected chi connectivity index (χ0v) is 17.0. The van der Waals surface area contributed by atoms with Gasteiger partial charge in [0.1, 0.15) is 0 Å². The van der Waals surface area contributed by atoms with Crippen LogP contribution in [-0.4, -0.2) is 27.6 Å². The van der Waals surface area contributed by atoms with E-state index in [0.717, 1.165) is 28.6 Å². The molecule has 6 heteroatoms. The highest BCUT2D eigenvalue weighted by molar-refractivity contribution is 5.96. The van der Waals surface area contributed by atoms with Crippen molar-refractivity contribution in [2.24, 2.45) is 0 Å². The second-order valence-electron chi connectivity index (χ2n) is 7.88. The summed E-state index contributed by atoms with van der Waals surface area (Å²) in [5.74, 6) is 1.11. The van der Waals surface area contributed by atoms with Crippen molar-refractivity contribution < 1.29 is 9.32 Å². The predicted molar refractivity (Wildman–Crippen MR) is 116 cm³/mol. The molecule has 6 nitrogen and oxygen atoms in total.